The lowest BCUT2D eigenvalue weighted by molar-refractivity contribution is 0.0706. The van der Waals surface area contributed by atoms with Gasteiger partial charge in [-0.05, 0) is 44.5 Å². The fourth-order valence-corrected chi connectivity index (χ4v) is 2.40. The van der Waals surface area contributed by atoms with Gasteiger partial charge in [0, 0.05) is 19.3 Å². The zero-order chi connectivity index (χ0) is 14.4. The molecule has 1 unspecified atom stereocenters. The Morgan fingerprint density at radius 1 is 1.55 bits per heavy atom. The summed E-state index contributed by atoms with van der Waals surface area (Å²) >= 11 is 0. The zero-order valence-electron chi connectivity index (χ0n) is 11.6. The molecule has 0 radical (unpaired) electrons. The number of β-amino-alcohol motifs (C(OH)–C–C–N with tert-alkyl or cyclic N) is 1. The number of aromatic nitrogens is 1. The van der Waals surface area contributed by atoms with Crippen molar-refractivity contribution >= 4 is 11.7 Å². The molecule has 0 aliphatic carbocycles. The number of amides is 1. The van der Waals surface area contributed by atoms with E-state index >= 15 is 0 Å². The van der Waals surface area contributed by atoms with Crippen molar-refractivity contribution in [3.63, 3.8) is 0 Å². The van der Waals surface area contributed by atoms with Gasteiger partial charge in [0.1, 0.15) is 5.82 Å². The summed E-state index contributed by atoms with van der Waals surface area (Å²) in [6, 6.07) is 3.42. The van der Waals surface area contributed by atoms with E-state index in [1.807, 2.05) is 0 Å². The summed E-state index contributed by atoms with van der Waals surface area (Å²) in [5, 5.41) is 12.8. The maximum absolute atomic E-state index is 10.9. The molecule has 1 fully saturated rings. The third-order valence-electron chi connectivity index (χ3n) is 3.49. The molecule has 0 spiro atoms. The number of nitrogens with one attached hydrogen (secondary N) is 1. The van der Waals surface area contributed by atoms with Gasteiger partial charge in [-0.1, -0.05) is 0 Å². The number of anilines is 1. The molecule has 1 aliphatic heterocycles. The Kier molecular flexibility index (Phi) is 5.31. The molecule has 110 valence electrons. The number of pyridine rings is 1. The van der Waals surface area contributed by atoms with Crippen molar-refractivity contribution in [1.82, 2.24) is 9.88 Å². The van der Waals surface area contributed by atoms with E-state index in [9.17, 15) is 9.90 Å². The number of nitrogens with zero attached hydrogens (tertiary/aromatic N) is 2. The number of hydrogen-bond donors (Lipinski definition) is 3. The van der Waals surface area contributed by atoms with Crippen molar-refractivity contribution in [1.29, 1.82) is 0 Å². The second-order valence-electron chi connectivity index (χ2n) is 5.17. The molecule has 1 saturated heterocycles. The van der Waals surface area contributed by atoms with Gasteiger partial charge >= 0.3 is 0 Å². The highest BCUT2D eigenvalue weighted by atomic mass is 16.3. The monoisotopic (exact) mass is 278 g/mol. The first-order valence-corrected chi connectivity index (χ1v) is 7.05. The minimum absolute atomic E-state index is 0.167. The van der Waals surface area contributed by atoms with E-state index in [-0.39, 0.29) is 6.10 Å². The smallest absolute Gasteiger partial charge is 0.250 e. The maximum atomic E-state index is 10.9. The van der Waals surface area contributed by atoms with Gasteiger partial charge in [0.25, 0.3) is 0 Å². The molecule has 1 aromatic rings. The molecule has 6 heteroatoms. The van der Waals surface area contributed by atoms with E-state index in [1.54, 1.807) is 12.1 Å². The SMILES string of the molecule is NC(=O)c1ccc(NCCCN2CCCC(O)C2)nc1. The lowest BCUT2D eigenvalue weighted by atomic mass is 10.1. The number of carbonyl (C=O) groups excluding carboxylic acids is 1. The average Bonchev–Trinajstić information content (AvgIpc) is 2.44. The molecule has 0 saturated carbocycles. The third-order valence-corrected chi connectivity index (χ3v) is 3.49. The van der Waals surface area contributed by atoms with Crippen LogP contribution in [0.1, 0.15) is 29.6 Å². The highest BCUT2D eigenvalue weighted by molar-refractivity contribution is 5.92. The van der Waals surface area contributed by atoms with Crippen molar-refractivity contribution in [2.24, 2.45) is 5.73 Å². The van der Waals surface area contributed by atoms with Crippen molar-refractivity contribution in [2.75, 3.05) is 31.5 Å². The van der Waals surface area contributed by atoms with Crippen LogP contribution in [0.3, 0.4) is 0 Å². The molecule has 20 heavy (non-hydrogen) atoms. The molecule has 0 bridgehead atoms. The van der Waals surface area contributed by atoms with E-state index < -0.39 is 5.91 Å². The van der Waals surface area contributed by atoms with Crippen LogP contribution in [0.4, 0.5) is 5.82 Å². The van der Waals surface area contributed by atoms with Crippen molar-refractivity contribution < 1.29 is 9.90 Å². The second-order valence-corrected chi connectivity index (χ2v) is 5.17. The molecule has 1 aliphatic rings. The summed E-state index contributed by atoms with van der Waals surface area (Å²) in [6.45, 7) is 3.65. The molecule has 0 aromatic carbocycles. The van der Waals surface area contributed by atoms with Crippen LogP contribution < -0.4 is 11.1 Å². The molecular weight excluding hydrogens is 256 g/mol. The van der Waals surface area contributed by atoms with Gasteiger partial charge in [-0.3, -0.25) is 4.79 Å². The summed E-state index contributed by atoms with van der Waals surface area (Å²) < 4.78 is 0. The van der Waals surface area contributed by atoms with Gasteiger partial charge in [-0.2, -0.15) is 0 Å². The van der Waals surface area contributed by atoms with Gasteiger partial charge in [0.2, 0.25) is 5.91 Å². The van der Waals surface area contributed by atoms with Crippen LogP contribution in [0.2, 0.25) is 0 Å². The van der Waals surface area contributed by atoms with E-state index in [2.05, 4.69) is 15.2 Å². The number of piperidine rings is 1. The van der Waals surface area contributed by atoms with Gasteiger partial charge < -0.3 is 21.1 Å². The molecule has 6 nitrogen and oxygen atoms in total. The molecule has 2 rings (SSSR count). The first kappa shape index (κ1) is 14.7. The number of primary amides is 1. The van der Waals surface area contributed by atoms with E-state index in [1.165, 1.54) is 6.20 Å². The third kappa shape index (κ3) is 4.47. The van der Waals surface area contributed by atoms with Crippen LogP contribution >= 0.6 is 0 Å². The van der Waals surface area contributed by atoms with E-state index in [4.69, 9.17) is 5.73 Å². The van der Waals surface area contributed by atoms with Crippen molar-refractivity contribution in [3.05, 3.63) is 23.9 Å². The second kappa shape index (κ2) is 7.21. The van der Waals surface area contributed by atoms with Crippen molar-refractivity contribution in [3.8, 4) is 0 Å². The molecule has 1 aromatic heterocycles. The summed E-state index contributed by atoms with van der Waals surface area (Å²) in [5.41, 5.74) is 5.57. The molecule has 4 N–H and O–H groups in total. The topological polar surface area (TPSA) is 91.5 Å². The number of aliphatic hydroxyl groups excluding tert-OH is 1. The lowest BCUT2D eigenvalue weighted by Crippen LogP contribution is -2.39. The normalized spacial score (nSPS) is 19.8. The van der Waals surface area contributed by atoms with Gasteiger partial charge in [0.05, 0.1) is 11.7 Å². The van der Waals surface area contributed by atoms with Crippen LogP contribution in [0, 0.1) is 0 Å². The minimum atomic E-state index is -0.465. The highest BCUT2D eigenvalue weighted by Gasteiger charge is 2.16. The largest absolute Gasteiger partial charge is 0.392 e. The van der Waals surface area contributed by atoms with Crippen LogP contribution in [0.15, 0.2) is 18.3 Å². The zero-order valence-corrected chi connectivity index (χ0v) is 11.6. The number of nitrogens with two attached hydrogens (primary N) is 1. The van der Waals surface area contributed by atoms with Crippen LogP contribution in [-0.2, 0) is 0 Å². The van der Waals surface area contributed by atoms with E-state index in [0.717, 1.165) is 51.3 Å². The Hall–Kier alpha value is -1.66. The molecule has 1 amide bonds. The standard InChI is InChI=1S/C14H22N4O2/c15-14(20)11-4-5-13(17-9-11)16-6-2-8-18-7-1-3-12(19)10-18/h4-5,9,12,19H,1-3,6-8,10H2,(H2,15,20)(H,16,17). The number of carbonyl (C=O) groups is 1. The quantitative estimate of drug-likeness (QED) is 0.657. The average molecular weight is 278 g/mol. The predicted molar refractivity (Wildman–Crippen MR) is 77.5 cm³/mol. The van der Waals surface area contributed by atoms with Crippen LogP contribution in [0.5, 0.6) is 0 Å². The van der Waals surface area contributed by atoms with Crippen LogP contribution in [-0.4, -0.2) is 53.2 Å². The molecule has 1 atom stereocenters. The number of likely N-dealkylation sites (tertiary alicyclic amines) is 1. The minimum Gasteiger partial charge on any atom is -0.392 e. The summed E-state index contributed by atoms with van der Waals surface area (Å²) in [5.74, 6) is 0.279. The summed E-state index contributed by atoms with van der Waals surface area (Å²) in [7, 11) is 0. The van der Waals surface area contributed by atoms with Gasteiger partial charge in [0.15, 0.2) is 0 Å². The number of hydrogen-bond acceptors (Lipinski definition) is 5. The summed E-state index contributed by atoms with van der Waals surface area (Å²) in [4.78, 5) is 17.3. The first-order valence-electron chi connectivity index (χ1n) is 7.05. The fourth-order valence-electron chi connectivity index (χ4n) is 2.40. The maximum Gasteiger partial charge on any atom is 0.250 e. The predicted octanol–water partition coefficient (Wildman–Crippen LogP) is 0.439. The Bertz CT molecular complexity index is 435. The first-order chi connectivity index (χ1) is 9.65. The number of rotatable bonds is 6. The molecular formula is C14H22N4O2. The highest BCUT2D eigenvalue weighted by Crippen LogP contribution is 2.10. The number of aliphatic hydroxyl groups is 1. The Labute approximate surface area is 119 Å². The van der Waals surface area contributed by atoms with Crippen LogP contribution in [0.25, 0.3) is 0 Å². The van der Waals surface area contributed by atoms with Gasteiger partial charge in [-0.15, -0.1) is 0 Å². The van der Waals surface area contributed by atoms with Crippen molar-refractivity contribution in [2.45, 2.75) is 25.4 Å². The lowest BCUT2D eigenvalue weighted by Gasteiger charge is -2.29. The summed E-state index contributed by atoms with van der Waals surface area (Å²) in [6.07, 6.45) is 4.30. The Morgan fingerprint density at radius 3 is 3.05 bits per heavy atom. The Morgan fingerprint density at radius 2 is 2.40 bits per heavy atom. The Balaban J connectivity index is 1.66. The van der Waals surface area contributed by atoms with E-state index in [0.29, 0.717) is 5.56 Å². The fraction of sp³-hybridized carbons (Fsp3) is 0.571. The van der Waals surface area contributed by atoms with Gasteiger partial charge in [-0.25, -0.2) is 4.98 Å². The molecule has 2 heterocycles.